The van der Waals surface area contributed by atoms with Crippen LogP contribution in [0.1, 0.15) is 56.9 Å². The third-order valence-electron chi connectivity index (χ3n) is 6.63. The Bertz CT molecular complexity index is 1370. The molecule has 0 aliphatic carbocycles. The number of pyridine rings is 1. The lowest BCUT2D eigenvalue weighted by molar-refractivity contribution is -0.268. The Kier molecular flexibility index (Phi) is 9.00. The molecule has 4 unspecified atom stereocenters. The number of amides is 1. The fourth-order valence-corrected chi connectivity index (χ4v) is 6.38. The quantitative estimate of drug-likeness (QED) is 0.267. The lowest BCUT2D eigenvalue weighted by atomic mass is 9.91. The topological polar surface area (TPSA) is 106 Å². The minimum absolute atomic E-state index is 0.00264. The minimum Gasteiger partial charge on any atom is -0.392 e. The first-order valence-electron chi connectivity index (χ1n) is 12.7. The first-order valence-corrected chi connectivity index (χ1v) is 14.5. The smallest absolute Gasteiger partial charge is 0.253 e. The number of carbonyl (C=O) groups excluding carboxylic acids is 1. The maximum Gasteiger partial charge on any atom is 0.253 e. The van der Waals surface area contributed by atoms with Crippen LogP contribution in [-0.2, 0) is 22.6 Å². The number of aliphatic hydroxyl groups excluding tert-OH is 1. The fraction of sp³-hybridized carbons (Fsp3) is 0.310. The first kappa shape index (κ1) is 27.4. The minimum atomic E-state index is -0.551. The second kappa shape index (κ2) is 12.8. The Morgan fingerprint density at radius 2 is 1.77 bits per heavy atom. The number of nitrogens with one attached hydrogen (secondary N) is 1. The van der Waals surface area contributed by atoms with E-state index >= 15 is 0 Å². The zero-order chi connectivity index (χ0) is 27.2. The number of thioether (sulfide) groups is 1. The molecule has 0 spiro atoms. The van der Waals surface area contributed by atoms with Crippen LogP contribution in [0.4, 0.5) is 0 Å². The maximum absolute atomic E-state index is 12.4. The van der Waals surface area contributed by atoms with Crippen molar-refractivity contribution in [3.05, 3.63) is 106 Å². The molecule has 39 heavy (non-hydrogen) atoms. The lowest BCUT2D eigenvalue weighted by Crippen LogP contribution is -2.38. The number of aromatic nitrogens is 3. The zero-order valence-corrected chi connectivity index (χ0v) is 23.3. The normalized spacial score (nSPS) is 21.0. The van der Waals surface area contributed by atoms with Gasteiger partial charge in [0.05, 0.1) is 24.4 Å². The molecule has 0 bridgehead atoms. The van der Waals surface area contributed by atoms with Gasteiger partial charge in [-0.15, -0.1) is 10.2 Å². The van der Waals surface area contributed by atoms with Gasteiger partial charge in [0.1, 0.15) is 5.01 Å². The van der Waals surface area contributed by atoms with E-state index in [4.69, 9.17) is 9.47 Å². The molecule has 1 fully saturated rings. The Balaban J connectivity index is 1.30. The van der Waals surface area contributed by atoms with Gasteiger partial charge in [0, 0.05) is 36.2 Å². The molecular weight excluding hydrogens is 532 g/mol. The average Bonchev–Trinajstić information content (AvgIpc) is 3.41. The van der Waals surface area contributed by atoms with Crippen LogP contribution in [0.15, 0.2) is 77.4 Å². The number of hydrogen-bond donors (Lipinski definition) is 2. The molecule has 3 heterocycles. The summed E-state index contributed by atoms with van der Waals surface area (Å²) in [6, 6.07) is 19.3. The van der Waals surface area contributed by atoms with Crippen LogP contribution in [0.25, 0.3) is 0 Å². The molecule has 202 valence electrons. The largest absolute Gasteiger partial charge is 0.392 e. The molecule has 8 nitrogen and oxygen atoms in total. The van der Waals surface area contributed by atoms with Crippen LogP contribution in [0, 0.1) is 12.8 Å². The molecule has 4 aromatic rings. The number of rotatable bonds is 9. The van der Waals surface area contributed by atoms with E-state index in [-0.39, 0.29) is 30.6 Å². The van der Waals surface area contributed by atoms with Crippen LogP contribution in [0.5, 0.6) is 0 Å². The highest BCUT2D eigenvalue weighted by Gasteiger charge is 2.38. The van der Waals surface area contributed by atoms with Crippen molar-refractivity contribution in [1.29, 1.82) is 0 Å². The van der Waals surface area contributed by atoms with Crippen molar-refractivity contribution < 1.29 is 19.4 Å². The van der Waals surface area contributed by atoms with Crippen molar-refractivity contribution in [3.8, 4) is 0 Å². The number of nitrogens with zero attached hydrogens (tertiary/aromatic N) is 3. The number of ether oxygens (including phenoxy) is 2. The Morgan fingerprint density at radius 1 is 1.03 bits per heavy atom. The molecule has 5 rings (SSSR count). The molecule has 1 amide bonds. The highest BCUT2D eigenvalue weighted by molar-refractivity contribution is 8.01. The van der Waals surface area contributed by atoms with Gasteiger partial charge in [-0.3, -0.25) is 9.78 Å². The van der Waals surface area contributed by atoms with E-state index in [1.807, 2.05) is 55.5 Å². The summed E-state index contributed by atoms with van der Waals surface area (Å²) in [7, 11) is 0. The van der Waals surface area contributed by atoms with Gasteiger partial charge in [-0.05, 0) is 35.7 Å². The SMILES string of the molecule is Cc1nnc(SCC2OC(c3ccc(CNC(=O)c4cccnc4)cc3)OC(c3ccc(CO)cc3)C2C)s1. The molecule has 4 atom stereocenters. The van der Waals surface area contributed by atoms with E-state index in [1.165, 1.54) is 0 Å². The molecule has 0 saturated carbocycles. The van der Waals surface area contributed by atoms with Gasteiger partial charge >= 0.3 is 0 Å². The van der Waals surface area contributed by atoms with Crippen molar-refractivity contribution in [3.63, 3.8) is 0 Å². The molecular formula is C29H30N4O4S2. The highest BCUT2D eigenvalue weighted by Crippen LogP contribution is 2.43. The summed E-state index contributed by atoms with van der Waals surface area (Å²) in [5.41, 5.74) is 4.31. The van der Waals surface area contributed by atoms with Crippen LogP contribution in [-0.4, -0.2) is 38.1 Å². The van der Waals surface area contributed by atoms with Gasteiger partial charge in [0.15, 0.2) is 10.6 Å². The highest BCUT2D eigenvalue weighted by atomic mass is 32.2. The molecule has 0 radical (unpaired) electrons. The van der Waals surface area contributed by atoms with E-state index < -0.39 is 6.29 Å². The molecule has 1 aliphatic heterocycles. The first-order chi connectivity index (χ1) is 19.0. The number of benzene rings is 2. The lowest BCUT2D eigenvalue weighted by Gasteiger charge is -2.41. The summed E-state index contributed by atoms with van der Waals surface area (Å²) in [6.45, 7) is 4.50. The summed E-state index contributed by atoms with van der Waals surface area (Å²) in [5.74, 6) is 0.644. The Morgan fingerprint density at radius 3 is 2.44 bits per heavy atom. The van der Waals surface area contributed by atoms with Crippen LogP contribution < -0.4 is 5.32 Å². The molecule has 10 heteroatoms. The van der Waals surface area contributed by atoms with Crippen molar-refractivity contribution >= 4 is 29.0 Å². The standard InChI is InChI=1S/C29H30N4O4S2/c1-18-25(17-38-29-33-32-19(2)39-29)36-28(37-26(18)22-9-7-21(16-34)8-10-22)23-11-5-20(6-12-23)14-31-27(35)24-4-3-13-30-15-24/h3-13,15,18,25-26,28,34H,14,16-17H2,1-2H3,(H,31,35). The molecule has 2 N–H and O–H groups in total. The average molecular weight is 563 g/mol. The predicted molar refractivity (Wildman–Crippen MR) is 150 cm³/mol. The van der Waals surface area contributed by atoms with Gasteiger partial charge < -0.3 is 19.9 Å². The van der Waals surface area contributed by atoms with E-state index in [0.29, 0.717) is 12.1 Å². The van der Waals surface area contributed by atoms with E-state index in [9.17, 15) is 9.90 Å². The predicted octanol–water partition coefficient (Wildman–Crippen LogP) is 5.25. The van der Waals surface area contributed by atoms with Gasteiger partial charge in [-0.1, -0.05) is 78.6 Å². The summed E-state index contributed by atoms with van der Waals surface area (Å²) in [6.07, 6.45) is 2.37. The van der Waals surface area contributed by atoms with Crippen molar-refractivity contribution in [2.45, 2.75) is 49.8 Å². The van der Waals surface area contributed by atoms with Gasteiger partial charge in [-0.25, -0.2) is 0 Å². The monoisotopic (exact) mass is 562 g/mol. The molecule has 2 aromatic heterocycles. The van der Waals surface area contributed by atoms with Gasteiger partial charge in [-0.2, -0.15) is 0 Å². The van der Waals surface area contributed by atoms with Crippen molar-refractivity contribution in [1.82, 2.24) is 20.5 Å². The van der Waals surface area contributed by atoms with E-state index in [0.717, 1.165) is 37.4 Å². The summed E-state index contributed by atoms with van der Waals surface area (Å²) >= 11 is 3.23. The van der Waals surface area contributed by atoms with Crippen LogP contribution >= 0.6 is 23.1 Å². The third-order valence-corrected chi connectivity index (χ3v) is 8.69. The number of hydrogen-bond acceptors (Lipinski definition) is 9. The number of aryl methyl sites for hydroxylation is 1. The van der Waals surface area contributed by atoms with E-state index in [1.54, 1.807) is 47.6 Å². The fourth-order valence-electron chi connectivity index (χ4n) is 4.37. The number of carbonyl (C=O) groups is 1. The Labute approximate surface area is 235 Å². The van der Waals surface area contributed by atoms with Crippen molar-refractivity contribution in [2.75, 3.05) is 5.75 Å². The van der Waals surface area contributed by atoms with Gasteiger partial charge in [0.2, 0.25) is 0 Å². The summed E-state index contributed by atoms with van der Waals surface area (Å²) < 4.78 is 14.0. The van der Waals surface area contributed by atoms with Crippen molar-refractivity contribution in [2.24, 2.45) is 5.92 Å². The third kappa shape index (κ3) is 6.90. The van der Waals surface area contributed by atoms with E-state index in [2.05, 4.69) is 27.4 Å². The molecule has 2 aromatic carbocycles. The zero-order valence-electron chi connectivity index (χ0n) is 21.7. The number of aliphatic hydroxyl groups is 1. The summed E-state index contributed by atoms with van der Waals surface area (Å²) in [5, 5.41) is 21.7. The Hall–Kier alpha value is -3.15. The van der Waals surface area contributed by atoms with Crippen LogP contribution in [0.3, 0.4) is 0 Å². The summed E-state index contributed by atoms with van der Waals surface area (Å²) in [4.78, 5) is 16.4. The molecule has 1 aliphatic rings. The van der Waals surface area contributed by atoms with Crippen LogP contribution in [0.2, 0.25) is 0 Å². The second-order valence-corrected chi connectivity index (χ2v) is 11.8. The second-order valence-electron chi connectivity index (χ2n) is 9.39. The van der Waals surface area contributed by atoms with Gasteiger partial charge in [0.25, 0.3) is 5.91 Å². The maximum atomic E-state index is 12.4. The molecule has 1 saturated heterocycles.